The van der Waals surface area contributed by atoms with Gasteiger partial charge in [-0.2, -0.15) is 10.4 Å². The van der Waals surface area contributed by atoms with Gasteiger partial charge in [0.1, 0.15) is 6.07 Å². The molecule has 1 aromatic heterocycles. The van der Waals surface area contributed by atoms with Crippen LogP contribution in [0.15, 0.2) is 6.20 Å². The van der Waals surface area contributed by atoms with Crippen LogP contribution in [0.3, 0.4) is 0 Å². The van der Waals surface area contributed by atoms with E-state index in [2.05, 4.69) is 22.0 Å². The SMILES string of the molecule is CC(=O)SCC#Cc1cn[nH]c1C#N. The molecule has 0 aliphatic heterocycles. The van der Waals surface area contributed by atoms with Crippen molar-refractivity contribution in [2.45, 2.75) is 6.92 Å². The molecule has 0 saturated heterocycles. The summed E-state index contributed by atoms with van der Waals surface area (Å²) in [4.78, 5) is 10.6. The minimum atomic E-state index is 0.0343. The van der Waals surface area contributed by atoms with Gasteiger partial charge in [0.2, 0.25) is 0 Å². The monoisotopic (exact) mass is 205 g/mol. The molecule has 0 unspecified atom stereocenters. The third-order valence-corrected chi connectivity index (χ3v) is 2.02. The molecule has 0 saturated carbocycles. The maximum Gasteiger partial charge on any atom is 0.186 e. The van der Waals surface area contributed by atoms with Gasteiger partial charge in [0.25, 0.3) is 0 Å². The molecule has 1 rings (SSSR count). The molecule has 0 radical (unpaired) electrons. The zero-order chi connectivity index (χ0) is 10.4. The largest absolute Gasteiger partial charge is 0.288 e. The van der Waals surface area contributed by atoms with Crippen molar-refractivity contribution in [1.29, 1.82) is 5.26 Å². The van der Waals surface area contributed by atoms with E-state index >= 15 is 0 Å². The predicted octanol–water partition coefficient (Wildman–Crippen LogP) is 0.913. The Morgan fingerprint density at radius 3 is 3.21 bits per heavy atom. The lowest BCUT2D eigenvalue weighted by atomic mass is 10.3. The number of rotatable bonds is 1. The second-order valence-electron chi connectivity index (χ2n) is 2.35. The number of nitriles is 1. The number of hydrogen-bond donors (Lipinski definition) is 1. The Balaban J connectivity index is 2.60. The molecule has 70 valence electrons. The Morgan fingerprint density at radius 2 is 2.57 bits per heavy atom. The Kier molecular flexibility index (Phi) is 3.78. The molecule has 0 bridgehead atoms. The quantitative estimate of drug-likeness (QED) is 0.692. The minimum Gasteiger partial charge on any atom is -0.288 e. The molecule has 0 atom stereocenters. The number of hydrogen-bond acceptors (Lipinski definition) is 4. The summed E-state index contributed by atoms with van der Waals surface area (Å²) in [7, 11) is 0. The van der Waals surface area contributed by atoms with Crippen LogP contribution in [0.2, 0.25) is 0 Å². The first kappa shape index (κ1) is 10.4. The Labute approximate surface area is 85.7 Å². The van der Waals surface area contributed by atoms with Gasteiger partial charge in [-0.1, -0.05) is 23.6 Å². The van der Waals surface area contributed by atoms with Gasteiger partial charge in [-0.25, -0.2) is 0 Å². The maximum atomic E-state index is 10.6. The van der Waals surface area contributed by atoms with Crippen LogP contribution >= 0.6 is 11.8 Å². The fraction of sp³-hybridized carbons (Fsp3) is 0.222. The van der Waals surface area contributed by atoms with Crippen molar-refractivity contribution in [1.82, 2.24) is 10.2 Å². The van der Waals surface area contributed by atoms with Crippen molar-refractivity contribution in [3.63, 3.8) is 0 Å². The lowest BCUT2D eigenvalue weighted by Gasteiger charge is -1.84. The third-order valence-electron chi connectivity index (χ3n) is 1.32. The summed E-state index contributed by atoms with van der Waals surface area (Å²) in [6.45, 7) is 1.49. The van der Waals surface area contributed by atoms with Crippen LogP contribution < -0.4 is 0 Å². The van der Waals surface area contributed by atoms with E-state index < -0.39 is 0 Å². The Morgan fingerprint density at radius 1 is 1.79 bits per heavy atom. The van der Waals surface area contributed by atoms with Crippen LogP contribution in [0.1, 0.15) is 18.2 Å². The highest BCUT2D eigenvalue weighted by Crippen LogP contribution is 2.01. The van der Waals surface area contributed by atoms with E-state index in [1.165, 1.54) is 13.1 Å². The molecule has 14 heavy (non-hydrogen) atoms. The maximum absolute atomic E-state index is 10.6. The van der Waals surface area contributed by atoms with Crippen molar-refractivity contribution in [2.24, 2.45) is 0 Å². The summed E-state index contributed by atoms with van der Waals surface area (Å²) in [6.07, 6.45) is 1.49. The van der Waals surface area contributed by atoms with Gasteiger partial charge >= 0.3 is 0 Å². The molecular formula is C9H7N3OS. The molecule has 1 heterocycles. The number of thioether (sulfide) groups is 1. The Hall–Kier alpha value is -1.72. The van der Waals surface area contributed by atoms with Crippen LogP contribution in [0.25, 0.3) is 0 Å². The van der Waals surface area contributed by atoms with E-state index in [9.17, 15) is 4.79 Å². The van der Waals surface area contributed by atoms with Gasteiger partial charge < -0.3 is 0 Å². The fourth-order valence-electron chi connectivity index (χ4n) is 0.735. The first-order chi connectivity index (χ1) is 6.74. The minimum absolute atomic E-state index is 0.0343. The van der Waals surface area contributed by atoms with E-state index in [0.717, 1.165) is 11.8 Å². The highest BCUT2D eigenvalue weighted by molar-refractivity contribution is 8.13. The van der Waals surface area contributed by atoms with Crippen LogP contribution in [0, 0.1) is 23.2 Å². The van der Waals surface area contributed by atoms with E-state index in [1.807, 2.05) is 6.07 Å². The van der Waals surface area contributed by atoms with Crippen LogP contribution in [0.4, 0.5) is 0 Å². The summed E-state index contributed by atoms with van der Waals surface area (Å²) in [6, 6.07) is 1.93. The number of H-pyrrole nitrogens is 1. The summed E-state index contributed by atoms with van der Waals surface area (Å²) < 4.78 is 0. The highest BCUT2D eigenvalue weighted by atomic mass is 32.2. The van der Waals surface area contributed by atoms with Crippen molar-refractivity contribution in [2.75, 3.05) is 5.75 Å². The predicted molar refractivity (Wildman–Crippen MR) is 53.3 cm³/mol. The molecule has 1 N–H and O–H groups in total. The number of aromatic nitrogens is 2. The van der Waals surface area contributed by atoms with Gasteiger partial charge in [-0.05, 0) is 0 Å². The number of carbonyl (C=O) groups excluding carboxylic acids is 1. The van der Waals surface area contributed by atoms with E-state index in [-0.39, 0.29) is 5.12 Å². The molecule has 0 aliphatic carbocycles. The van der Waals surface area contributed by atoms with Crippen molar-refractivity contribution < 1.29 is 4.79 Å². The molecule has 5 heteroatoms. The molecule has 0 amide bonds. The molecule has 1 aromatic rings. The van der Waals surface area contributed by atoms with Gasteiger partial charge in [0.15, 0.2) is 10.8 Å². The molecule has 0 spiro atoms. The van der Waals surface area contributed by atoms with Crippen molar-refractivity contribution >= 4 is 16.9 Å². The van der Waals surface area contributed by atoms with Crippen LogP contribution in [0.5, 0.6) is 0 Å². The third kappa shape index (κ3) is 2.96. The number of aromatic amines is 1. The smallest absolute Gasteiger partial charge is 0.186 e. The highest BCUT2D eigenvalue weighted by Gasteiger charge is 1.98. The zero-order valence-electron chi connectivity index (χ0n) is 7.50. The first-order valence-corrected chi connectivity index (χ1v) is 4.78. The van der Waals surface area contributed by atoms with E-state index in [0.29, 0.717) is 17.0 Å². The van der Waals surface area contributed by atoms with Gasteiger partial charge in [0.05, 0.1) is 17.5 Å². The van der Waals surface area contributed by atoms with Crippen LogP contribution in [-0.4, -0.2) is 21.1 Å². The Bertz CT molecular complexity index is 433. The first-order valence-electron chi connectivity index (χ1n) is 3.79. The molecule has 0 aromatic carbocycles. The van der Waals surface area contributed by atoms with Gasteiger partial charge in [-0.3, -0.25) is 9.89 Å². The summed E-state index contributed by atoms with van der Waals surface area (Å²) in [5.74, 6) is 5.97. The second kappa shape index (κ2) is 5.11. The standard InChI is InChI=1S/C9H7N3OS/c1-7(13)14-4-2-3-8-6-11-12-9(8)5-10/h6H,4H2,1H3,(H,11,12). The average Bonchev–Trinajstić information content (AvgIpc) is 2.59. The summed E-state index contributed by atoms with van der Waals surface area (Å²) in [5.41, 5.74) is 0.918. The molecular weight excluding hydrogens is 198 g/mol. The van der Waals surface area contributed by atoms with Gasteiger partial charge in [0, 0.05) is 6.92 Å². The molecule has 4 nitrogen and oxygen atoms in total. The number of carbonyl (C=O) groups is 1. The molecule has 0 aliphatic rings. The topological polar surface area (TPSA) is 69.5 Å². The normalized spacial score (nSPS) is 8.57. The number of nitrogens with zero attached hydrogens (tertiary/aromatic N) is 2. The van der Waals surface area contributed by atoms with E-state index in [1.54, 1.807) is 0 Å². The lowest BCUT2D eigenvalue weighted by Crippen LogP contribution is -1.83. The lowest BCUT2D eigenvalue weighted by molar-refractivity contribution is -0.109. The second-order valence-corrected chi connectivity index (χ2v) is 3.50. The summed E-state index contributed by atoms with van der Waals surface area (Å²) in [5, 5.41) is 14.8. The fourth-order valence-corrected chi connectivity index (χ4v) is 1.08. The van der Waals surface area contributed by atoms with E-state index in [4.69, 9.17) is 5.26 Å². The zero-order valence-corrected chi connectivity index (χ0v) is 8.31. The van der Waals surface area contributed by atoms with Crippen molar-refractivity contribution in [3.8, 4) is 17.9 Å². The molecule has 0 fully saturated rings. The summed E-state index contributed by atoms with van der Waals surface area (Å²) >= 11 is 1.14. The van der Waals surface area contributed by atoms with Crippen molar-refractivity contribution in [3.05, 3.63) is 17.5 Å². The number of nitrogens with one attached hydrogen (secondary N) is 1. The average molecular weight is 205 g/mol. The van der Waals surface area contributed by atoms with Gasteiger partial charge in [-0.15, -0.1) is 0 Å². The van der Waals surface area contributed by atoms with Crippen LogP contribution in [-0.2, 0) is 4.79 Å².